The van der Waals surface area contributed by atoms with E-state index in [0.29, 0.717) is 24.3 Å². The summed E-state index contributed by atoms with van der Waals surface area (Å²) in [7, 11) is 1.74. The van der Waals surface area contributed by atoms with Gasteiger partial charge in [0, 0.05) is 55.6 Å². The number of amides is 2. The summed E-state index contributed by atoms with van der Waals surface area (Å²) < 4.78 is 6.30. The van der Waals surface area contributed by atoms with E-state index in [0.717, 1.165) is 11.1 Å². The molecule has 1 N–H and O–H groups in total. The Morgan fingerprint density at radius 2 is 1.97 bits per heavy atom. The largest absolute Gasteiger partial charge is 0.472 e. The average Bonchev–Trinajstić information content (AvgIpc) is 2.91. The molecule has 1 aliphatic heterocycles. The summed E-state index contributed by atoms with van der Waals surface area (Å²) in [6, 6.07) is 10.6. The molecule has 0 fully saturated rings. The Morgan fingerprint density at radius 1 is 1.19 bits per heavy atom. The second kappa shape index (κ2) is 11.3. The smallest absolute Gasteiger partial charge is 0.259 e. The molecule has 4 rings (SSSR count). The zero-order chi connectivity index (χ0) is 25.7. The van der Waals surface area contributed by atoms with Crippen molar-refractivity contribution in [3.8, 4) is 17.0 Å². The van der Waals surface area contributed by atoms with Crippen molar-refractivity contribution in [3.63, 3.8) is 0 Å². The van der Waals surface area contributed by atoms with Gasteiger partial charge in [0.15, 0.2) is 0 Å². The molecule has 0 saturated heterocycles. The Balaban J connectivity index is 1.62. The minimum absolute atomic E-state index is 0.0792. The first kappa shape index (κ1) is 25.2. The number of carbonyl (C=O) groups is 2. The van der Waals surface area contributed by atoms with Crippen LogP contribution in [-0.2, 0) is 11.2 Å². The number of aromatic nitrogens is 3. The number of pyridine rings is 3. The third-order valence-electron chi connectivity index (χ3n) is 6.47. The predicted molar refractivity (Wildman–Crippen MR) is 134 cm³/mol. The van der Waals surface area contributed by atoms with E-state index in [4.69, 9.17) is 4.74 Å². The van der Waals surface area contributed by atoms with Crippen LogP contribution in [0, 0.1) is 5.92 Å². The average molecular weight is 490 g/mol. The Bertz CT molecular complexity index is 1190. The van der Waals surface area contributed by atoms with Crippen molar-refractivity contribution in [1.29, 1.82) is 0 Å². The number of ether oxygens (including phenoxy) is 1. The van der Waals surface area contributed by atoms with E-state index in [2.05, 4.69) is 15.0 Å². The van der Waals surface area contributed by atoms with Crippen molar-refractivity contribution in [2.45, 2.75) is 32.4 Å². The van der Waals surface area contributed by atoms with Crippen molar-refractivity contribution < 1.29 is 19.4 Å². The monoisotopic (exact) mass is 489 g/mol. The fourth-order valence-corrected chi connectivity index (χ4v) is 4.19. The second-order valence-electron chi connectivity index (χ2n) is 9.21. The topological polar surface area (TPSA) is 109 Å². The van der Waals surface area contributed by atoms with E-state index in [9.17, 15) is 14.7 Å². The molecule has 0 saturated carbocycles. The highest BCUT2D eigenvalue weighted by atomic mass is 16.5. The number of aliphatic hydroxyl groups is 1. The Labute approximate surface area is 210 Å². The third kappa shape index (κ3) is 5.68. The summed E-state index contributed by atoms with van der Waals surface area (Å²) in [5.74, 6) is -0.234. The first-order valence-corrected chi connectivity index (χ1v) is 12.0. The van der Waals surface area contributed by atoms with Gasteiger partial charge in [-0.3, -0.25) is 19.6 Å². The van der Waals surface area contributed by atoms with Crippen molar-refractivity contribution in [3.05, 3.63) is 72.4 Å². The molecule has 0 bridgehead atoms. The highest BCUT2D eigenvalue weighted by molar-refractivity contribution is 5.98. The normalized spacial score (nSPS) is 18.4. The zero-order valence-electron chi connectivity index (χ0n) is 20.7. The van der Waals surface area contributed by atoms with Gasteiger partial charge in [-0.25, -0.2) is 4.98 Å². The lowest BCUT2D eigenvalue weighted by Crippen LogP contribution is -2.50. The standard InChI is InChI=1S/C27H31N5O4/c1-18-15-32(19(2)17-33)27(35)23-12-21(20-7-10-28-11-8-20)14-30-26(23)36-24(18)16-31(3)25(34)13-22-6-4-5-9-29-22/h4-12,14,18-19,24,33H,13,15-17H2,1-3H3/t18-,19+,24-/m0/s1. The van der Waals surface area contributed by atoms with Crippen LogP contribution in [0.25, 0.3) is 11.1 Å². The molecule has 9 heteroatoms. The molecule has 188 valence electrons. The molecule has 36 heavy (non-hydrogen) atoms. The van der Waals surface area contributed by atoms with Crippen LogP contribution in [-0.4, -0.2) is 80.6 Å². The van der Waals surface area contributed by atoms with Crippen molar-refractivity contribution in [2.24, 2.45) is 5.92 Å². The minimum atomic E-state index is -0.415. The van der Waals surface area contributed by atoms with Crippen LogP contribution < -0.4 is 4.74 Å². The lowest BCUT2D eigenvalue weighted by molar-refractivity contribution is -0.130. The first-order valence-electron chi connectivity index (χ1n) is 12.0. The van der Waals surface area contributed by atoms with Crippen LogP contribution in [0.3, 0.4) is 0 Å². The van der Waals surface area contributed by atoms with Gasteiger partial charge in [-0.05, 0) is 42.8 Å². The molecule has 0 unspecified atom stereocenters. The van der Waals surface area contributed by atoms with Gasteiger partial charge in [-0.2, -0.15) is 0 Å². The van der Waals surface area contributed by atoms with E-state index in [1.54, 1.807) is 47.7 Å². The summed E-state index contributed by atoms with van der Waals surface area (Å²) in [4.78, 5) is 42.5. The van der Waals surface area contributed by atoms with Crippen LogP contribution in [0.1, 0.15) is 29.9 Å². The quantitative estimate of drug-likeness (QED) is 0.543. The van der Waals surface area contributed by atoms with E-state index in [1.165, 1.54) is 0 Å². The van der Waals surface area contributed by atoms with Crippen molar-refractivity contribution in [2.75, 3.05) is 26.7 Å². The number of rotatable bonds is 7. The Hall–Kier alpha value is -3.85. The van der Waals surface area contributed by atoms with Gasteiger partial charge in [-0.1, -0.05) is 13.0 Å². The van der Waals surface area contributed by atoms with Crippen molar-refractivity contribution >= 4 is 11.8 Å². The lowest BCUT2D eigenvalue weighted by atomic mass is 9.99. The summed E-state index contributed by atoms with van der Waals surface area (Å²) in [6.45, 7) is 4.30. The molecule has 3 atom stereocenters. The van der Waals surface area contributed by atoms with E-state index < -0.39 is 6.10 Å². The number of aliphatic hydroxyl groups excluding tert-OH is 1. The number of fused-ring (bicyclic) bond motifs is 1. The number of hydrogen-bond donors (Lipinski definition) is 1. The fraction of sp³-hybridized carbons (Fsp3) is 0.370. The molecule has 2 amide bonds. The van der Waals surface area contributed by atoms with Gasteiger partial charge in [0.25, 0.3) is 5.91 Å². The van der Waals surface area contributed by atoms with Gasteiger partial charge in [-0.15, -0.1) is 0 Å². The minimum Gasteiger partial charge on any atom is -0.472 e. The Morgan fingerprint density at radius 3 is 2.67 bits per heavy atom. The van der Waals surface area contributed by atoms with E-state index in [-0.39, 0.29) is 42.7 Å². The molecular formula is C27H31N5O4. The maximum atomic E-state index is 13.6. The molecule has 3 aromatic heterocycles. The van der Waals surface area contributed by atoms with Gasteiger partial charge < -0.3 is 19.6 Å². The summed E-state index contributed by atoms with van der Waals surface area (Å²) >= 11 is 0. The number of likely N-dealkylation sites (N-methyl/N-ethyl adjacent to an activating group) is 1. The van der Waals surface area contributed by atoms with Crippen molar-refractivity contribution in [1.82, 2.24) is 24.8 Å². The van der Waals surface area contributed by atoms with Crippen LogP contribution in [0.15, 0.2) is 61.2 Å². The van der Waals surface area contributed by atoms with E-state index in [1.807, 2.05) is 44.2 Å². The van der Waals surface area contributed by atoms with Gasteiger partial charge in [0.2, 0.25) is 11.8 Å². The highest BCUT2D eigenvalue weighted by Crippen LogP contribution is 2.30. The summed E-state index contributed by atoms with van der Waals surface area (Å²) in [5.41, 5.74) is 2.66. The maximum Gasteiger partial charge on any atom is 0.259 e. The molecule has 3 aromatic rings. The maximum absolute atomic E-state index is 13.6. The molecule has 0 aromatic carbocycles. The summed E-state index contributed by atoms with van der Waals surface area (Å²) in [6.07, 6.45) is 6.47. The van der Waals surface area contributed by atoms with Gasteiger partial charge >= 0.3 is 0 Å². The van der Waals surface area contributed by atoms with Crippen LogP contribution in [0.4, 0.5) is 0 Å². The molecule has 1 aliphatic rings. The van der Waals surface area contributed by atoms with Gasteiger partial charge in [0.1, 0.15) is 11.7 Å². The number of carbonyl (C=O) groups excluding carboxylic acids is 2. The zero-order valence-corrected chi connectivity index (χ0v) is 20.7. The molecule has 9 nitrogen and oxygen atoms in total. The summed E-state index contributed by atoms with van der Waals surface area (Å²) in [5, 5.41) is 9.85. The van der Waals surface area contributed by atoms with Gasteiger partial charge in [0.05, 0.1) is 25.6 Å². The third-order valence-corrected chi connectivity index (χ3v) is 6.47. The molecular weight excluding hydrogens is 458 g/mol. The highest BCUT2D eigenvalue weighted by Gasteiger charge is 2.34. The molecule has 4 heterocycles. The molecule has 0 spiro atoms. The lowest BCUT2D eigenvalue weighted by Gasteiger charge is -2.37. The molecule has 0 radical (unpaired) electrons. The number of hydrogen-bond acceptors (Lipinski definition) is 7. The first-order chi connectivity index (χ1) is 17.4. The van der Waals surface area contributed by atoms with Crippen LogP contribution >= 0.6 is 0 Å². The Kier molecular flexibility index (Phi) is 7.90. The second-order valence-corrected chi connectivity index (χ2v) is 9.21. The SMILES string of the molecule is C[C@H](CO)N1C[C@H](C)[C@H](CN(C)C(=O)Cc2ccccn2)Oc2ncc(-c3ccncc3)cc2C1=O. The van der Waals surface area contributed by atoms with E-state index >= 15 is 0 Å². The van der Waals surface area contributed by atoms with Crippen LogP contribution in [0.2, 0.25) is 0 Å². The predicted octanol–water partition coefficient (Wildman–Crippen LogP) is 2.46. The number of nitrogens with zero attached hydrogens (tertiary/aromatic N) is 5. The fourth-order valence-electron chi connectivity index (χ4n) is 4.19. The molecule has 0 aliphatic carbocycles. The van der Waals surface area contributed by atoms with Crippen LogP contribution in [0.5, 0.6) is 5.88 Å².